The van der Waals surface area contributed by atoms with Gasteiger partial charge in [0.05, 0.1) is 6.42 Å². The highest BCUT2D eigenvalue weighted by Gasteiger charge is 2.13. The first kappa shape index (κ1) is 13.3. The molecular weight excluding hydrogens is 264 g/mol. The Morgan fingerprint density at radius 2 is 2.10 bits per heavy atom. The monoisotopic (exact) mass is 280 g/mol. The van der Waals surface area contributed by atoms with Crippen molar-refractivity contribution in [2.45, 2.75) is 19.8 Å². The second-order valence-corrected chi connectivity index (χ2v) is 4.80. The summed E-state index contributed by atoms with van der Waals surface area (Å²) in [4.78, 5) is 8.78. The van der Waals surface area contributed by atoms with Crippen LogP contribution in [-0.4, -0.2) is 15.1 Å². The van der Waals surface area contributed by atoms with Gasteiger partial charge in [0.15, 0.2) is 0 Å². The van der Waals surface area contributed by atoms with Crippen LogP contribution in [0, 0.1) is 0 Å². The second kappa shape index (κ2) is 5.75. The van der Waals surface area contributed by atoms with Crippen molar-refractivity contribution < 1.29 is 4.52 Å². The number of nitrogens with two attached hydrogens (primary N) is 1. The van der Waals surface area contributed by atoms with E-state index in [9.17, 15) is 0 Å². The number of aryl methyl sites for hydroxylation is 1. The number of benzene rings is 1. The molecule has 0 bridgehead atoms. The summed E-state index contributed by atoms with van der Waals surface area (Å²) in [5.41, 5.74) is 9.43. The molecule has 21 heavy (non-hydrogen) atoms. The predicted octanol–water partition coefficient (Wildman–Crippen LogP) is 2.87. The molecule has 3 rings (SSSR count). The summed E-state index contributed by atoms with van der Waals surface area (Å²) in [6.07, 6.45) is 3.18. The SMILES string of the molecule is CCc1cccnc1-c1noc(Cc2cccc(N)c2)n1. The molecule has 106 valence electrons. The third-order valence-electron chi connectivity index (χ3n) is 3.26. The van der Waals surface area contributed by atoms with Crippen LogP contribution in [0.3, 0.4) is 0 Å². The van der Waals surface area contributed by atoms with Crippen LogP contribution in [0.15, 0.2) is 47.1 Å². The summed E-state index contributed by atoms with van der Waals surface area (Å²) >= 11 is 0. The van der Waals surface area contributed by atoms with Crippen LogP contribution in [0.25, 0.3) is 11.5 Å². The number of hydrogen-bond donors (Lipinski definition) is 1. The van der Waals surface area contributed by atoms with Gasteiger partial charge in [-0.3, -0.25) is 4.98 Å². The van der Waals surface area contributed by atoms with E-state index in [4.69, 9.17) is 10.3 Å². The molecule has 0 atom stereocenters. The molecule has 0 saturated heterocycles. The number of rotatable bonds is 4. The Hall–Kier alpha value is -2.69. The normalized spacial score (nSPS) is 10.7. The van der Waals surface area contributed by atoms with Crippen molar-refractivity contribution in [3.8, 4) is 11.5 Å². The van der Waals surface area contributed by atoms with Crippen LogP contribution < -0.4 is 5.73 Å². The molecule has 2 aromatic heterocycles. The van der Waals surface area contributed by atoms with Gasteiger partial charge < -0.3 is 10.3 Å². The molecule has 0 fully saturated rings. The maximum atomic E-state index is 5.77. The number of anilines is 1. The maximum Gasteiger partial charge on any atom is 0.231 e. The molecule has 5 heteroatoms. The predicted molar refractivity (Wildman–Crippen MR) is 80.6 cm³/mol. The van der Waals surface area contributed by atoms with Gasteiger partial charge >= 0.3 is 0 Å². The minimum Gasteiger partial charge on any atom is -0.399 e. The highest BCUT2D eigenvalue weighted by molar-refractivity contribution is 5.53. The third kappa shape index (κ3) is 2.91. The van der Waals surface area contributed by atoms with Gasteiger partial charge in [0.25, 0.3) is 0 Å². The van der Waals surface area contributed by atoms with Crippen molar-refractivity contribution in [2.75, 3.05) is 5.73 Å². The summed E-state index contributed by atoms with van der Waals surface area (Å²) < 4.78 is 5.32. The number of pyridine rings is 1. The van der Waals surface area contributed by atoms with Crippen molar-refractivity contribution >= 4 is 5.69 Å². The fraction of sp³-hybridized carbons (Fsp3) is 0.188. The van der Waals surface area contributed by atoms with E-state index >= 15 is 0 Å². The van der Waals surface area contributed by atoms with Crippen molar-refractivity contribution in [3.63, 3.8) is 0 Å². The molecule has 0 unspecified atom stereocenters. The van der Waals surface area contributed by atoms with Crippen LogP contribution in [0.4, 0.5) is 5.69 Å². The van der Waals surface area contributed by atoms with Crippen LogP contribution in [0.1, 0.15) is 23.9 Å². The topological polar surface area (TPSA) is 77.8 Å². The highest BCUT2D eigenvalue weighted by atomic mass is 16.5. The van der Waals surface area contributed by atoms with Gasteiger partial charge in [-0.2, -0.15) is 4.98 Å². The van der Waals surface area contributed by atoms with Crippen LogP contribution in [0.5, 0.6) is 0 Å². The van der Waals surface area contributed by atoms with Crippen molar-refractivity contribution in [1.29, 1.82) is 0 Å². The quantitative estimate of drug-likeness (QED) is 0.743. The fourth-order valence-corrected chi connectivity index (χ4v) is 2.23. The Morgan fingerprint density at radius 1 is 1.19 bits per heavy atom. The lowest BCUT2D eigenvalue weighted by Crippen LogP contribution is -1.94. The molecule has 0 aliphatic heterocycles. The van der Waals surface area contributed by atoms with Crippen molar-refractivity contribution in [1.82, 2.24) is 15.1 Å². The van der Waals surface area contributed by atoms with E-state index < -0.39 is 0 Å². The molecule has 1 aromatic carbocycles. The third-order valence-corrected chi connectivity index (χ3v) is 3.26. The number of hydrogen-bond acceptors (Lipinski definition) is 5. The van der Waals surface area contributed by atoms with Gasteiger partial charge in [-0.25, -0.2) is 0 Å². The second-order valence-electron chi connectivity index (χ2n) is 4.80. The Morgan fingerprint density at radius 3 is 2.90 bits per heavy atom. The molecule has 0 amide bonds. The number of nitrogens with zero attached hydrogens (tertiary/aromatic N) is 3. The molecule has 0 saturated carbocycles. The smallest absolute Gasteiger partial charge is 0.231 e. The average Bonchev–Trinajstić information content (AvgIpc) is 2.95. The van der Waals surface area contributed by atoms with E-state index in [1.807, 2.05) is 36.4 Å². The van der Waals surface area contributed by atoms with Crippen LogP contribution >= 0.6 is 0 Å². The van der Waals surface area contributed by atoms with E-state index in [1.165, 1.54) is 0 Å². The van der Waals surface area contributed by atoms with Gasteiger partial charge in [-0.05, 0) is 35.7 Å². The van der Waals surface area contributed by atoms with Crippen LogP contribution in [-0.2, 0) is 12.8 Å². The Labute approximate surface area is 122 Å². The summed E-state index contributed by atoms with van der Waals surface area (Å²) in [7, 11) is 0. The summed E-state index contributed by atoms with van der Waals surface area (Å²) in [6, 6.07) is 11.6. The van der Waals surface area contributed by atoms with E-state index in [0.717, 1.165) is 28.9 Å². The van der Waals surface area contributed by atoms with Crippen molar-refractivity contribution in [3.05, 3.63) is 59.6 Å². The van der Waals surface area contributed by atoms with Gasteiger partial charge in [0.1, 0.15) is 5.69 Å². The summed E-state index contributed by atoms with van der Waals surface area (Å²) in [6.45, 7) is 2.08. The minimum atomic E-state index is 0.534. The molecule has 0 aliphatic carbocycles. The van der Waals surface area contributed by atoms with Crippen molar-refractivity contribution in [2.24, 2.45) is 0 Å². The first-order valence-corrected chi connectivity index (χ1v) is 6.87. The molecule has 0 spiro atoms. The number of nitrogen functional groups attached to an aromatic ring is 1. The number of aromatic nitrogens is 3. The van der Waals surface area contributed by atoms with Gasteiger partial charge in [0, 0.05) is 11.9 Å². The molecule has 2 N–H and O–H groups in total. The van der Waals surface area contributed by atoms with E-state index in [-0.39, 0.29) is 0 Å². The van der Waals surface area contributed by atoms with Gasteiger partial charge in [-0.15, -0.1) is 0 Å². The van der Waals surface area contributed by atoms with Gasteiger partial charge in [-0.1, -0.05) is 30.3 Å². The van der Waals surface area contributed by atoms with E-state index in [2.05, 4.69) is 22.0 Å². The lowest BCUT2D eigenvalue weighted by atomic mass is 10.1. The lowest BCUT2D eigenvalue weighted by Gasteiger charge is -2.00. The zero-order chi connectivity index (χ0) is 14.7. The molecule has 0 radical (unpaired) electrons. The zero-order valence-electron chi connectivity index (χ0n) is 11.8. The average molecular weight is 280 g/mol. The summed E-state index contributed by atoms with van der Waals surface area (Å²) in [5, 5.41) is 4.03. The Kier molecular flexibility index (Phi) is 3.64. The maximum absolute atomic E-state index is 5.77. The Bertz CT molecular complexity index is 751. The van der Waals surface area contributed by atoms with Gasteiger partial charge in [0.2, 0.25) is 11.7 Å². The lowest BCUT2D eigenvalue weighted by molar-refractivity contribution is 0.385. The molecule has 0 aliphatic rings. The Balaban J connectivity index is 1.86. The van der Waals surface area contributed by atoms with E-state index in [1.54, 1.807) is 6.20 Å². The fourth-order valence-electron chi connectivity index (χ4n) is 2.23. The standard InChI is InChI=1S/C16H16N4O/c1-2-12-6-4-8-18-15(12)16-19-14(21-20-16)10-11-5-3-7-13(17)9-11/h3-9H,2,10,17H2,1H3. The molecule has 3 aromatic rings. The molecule has 5 nitrogen and oxygen atoms in total. The van der Waals surface area contributed by atoms with Crippen LogP contribution in [0.2, 0.25) is 0 Å². The first-order chi connectivity index (χ1) is 10.3. The summed E-state index contributed by atoms with van der Waals surface area (Å²) in [5.74, 6) is 1.09. The zero-order valence-corrected chi connectivity index (χ0v) is 11.8. The molecule has 2 heterocycles. The first-order valence-electron chi connectivity index (χ1n) is 6.87. The van der Waals surface area contributed by atoms with E-state index in [0.29, 0.717) is 18.1 Å². The molecular formula is C16H16N4O. The largest absolute Gasteiger partial charge is 0.399 e. The minimum absolute atomic E-state index is 0.534. The highest BCUT2D eigenvalue weighted by Crippen LogP contribution is 2.19.